The number of nitrogens with one attached hydrogen (secondary N) is 1. The van der Waals surface area contributed by atoms with E-state index in [0.717, 1.165) is 8.58 Å². The summed E-state index contributed by atoms with van der Waals surface area (Å²) >= 11 is 6.80. The van der Waals surface area contributed by atoms with Crippen LogP contribution >= 0.6 is 90.5 Å². The van der Waals surface area contributed by atoms with E-state index in [-0.39, 0.29) is 85.4 Å². The van der Waals surface area contributed by atoms with Gasteiger partial charge in [-0.3, -0.25) is 43.5 Å². The molecule has 0 saturated carbocycles. The Kier molecular flexibility index (Phi) is 56.1. The number of carbonyl (C=O) groups is 6. The highest BCUT2D eigenvalue weighted by Crippen LogP contribution is 2.32. The molecular formula is C27H64B3I3N5O6P3. The smallest absolute Gasteiger partial charge is 0.236 e. The van der Waals surface area contributed by atoms with Gasteiger partial charge in [-0.05, 0) is 6.66 Å². The van der Waals surface area contributed by atoms with Gasteiger partial charge in [0.05, 0.1) is 0 Å². The van der Waals surface area contributed by atoms with Gasteiger partial charge in [0.15, 0.2) is 0 Å². The molecule has 2 radical (unpaired) electrons. The standard InChI is InChI=1S/C12H17N3O4.C6H10N2O2.CH3BIP.2CH5BIP.6CH4/c16-9-1-2-10(17)14(9)7-5-13-6-8-15-11(18)3-4-12(15)19;7-3-4-8-5(9)1-2-6(8)10;1-4(2)3;2*1-2(3)4;;;;;;/h13H,1-8H2;1-4,7H2;1H3;2*4H2,1H3;6*1H4. The van der Waals surface area contributed by atoms with E-state index in [4.69, 9.17) is 13.3 Å². The monoisotopic (exact) mass is 1060 g/mol. The summed E-state index contributed by atoms with van der Waals surface area (Å²) in [7, 11) is 10.5. The largest absolute Gasteiger partial charge is 0.329 e. The minimum Gasteiger partial charge on any atom is -0.329 e. The third-order valence-corrected chi connectivity index (χ3v) is 4.84. The van der Waals surface area contributed by atoms with Crippen LogP contribution in [0.15, 0.2) is 0 Å². The Bertz CT molecular complexity index is 766. The molecule has 3 saturated heterocycles. The van der Waals surface area contributed by atoms with Crippen LogP contribution in [0.1, 0.15) is 83.1 Å². The second-order valence-electron chi connectivity index (χ2n) is 8.74. The van der Waals surface area contributed by atoms with Gasteiger partial charge in [-0.2, -0.15) is 18.2 Å². The fourth-order valence-corrected chi connectivity index (χ4v) is 3.25. The lowest BCUT2D eigenvalue weighted by atomic mass is 10.2. The molecule has 0 aromatic rings. The predicted octanol–water partition coefficient (Wildman–Crippen LogP) is 6.15. The maximum absolute atomic E-state index is 11.3. The average molecular weight is 1060 g/mol. The number of amides is 6. The van der Waals surface area contributed by atoms with E-state index < -0.39 is 0 Å². The Hall–Kier alpha value is 1.01. The first kappa shape index (κ1) is 66.3. The SMILES string of the molecule is C.C.C.C.C.C.CB(P)I.CB(P)I.NCCN1C(=O)CCC1=O.O=C1CCC(=O)N1CCNCCN1C(=O)CCC1=O.[B]P(C)I. The van der Waals surface area contributed by atoms with Crippen molar-refractivity contribution in [2.45, 2.75) is 96.7 Å². The molecule has 3 aliphatic rings. The van der Waals surface area contributed by atoms with Gasteiger partial charge in [0.25, 0.3) is 0 Å². The number of hydrogen-bond donors (Lipinski definition) is 2. The summed E-state index contributed by atoms with van der Waals surface area (Å²) in [4.78, 5) is 70.7. The zero-order valence-electron chi connectivity index (χ0n) is 23.8. The molecular weight excluding hydrogens is 996 g/mol. The Labute approximate surface area is 336 Å². The lowest BCUT2D eigenvalue weighted by molar-refractivity contribution is -0.139. The molecule has 47 heavy (non-hydrogen) atoms. The van der Waals surface area contributed by atoms with Crippen LogP contribution in [-0.2, 0) is 28.8 Å². The Morgan fingerprint density at radius 2 is 0.830 bits per heavy atom. The molecule has 0 aromatic carbocycles. The zero-order chi connectivity index (χ0) is 32.1. The van der Waals surface area contributed by atoms with Crippen molar-refractivity contribution < 1.29 is 28.8 Å². The number of nitrogens with zero attached hydrogens (tertiary/aromatic N) is 3. The highest BCUT2D eigenvalue weighted by molar-refractivity contribution is 14.2. The summed E-state index contributed by atoms with van der Waals surface area (Å²) in [6, 6.07) is 0. The maximum atomic E-state index is 11.3. The highest BCUT2D eigenvalue weighted by atomic mass is 127. The zero-order valence-corrected chi connectivity index (χ0v) is 33.5. The summed E-state index contributed by atoms with van der Waals surface area (Å²) < 4.78 is 1.44. The van der Waals surface area contributed by atoms with Crippen LogP contribution in [0, 0.1) is 0 Å². The fourth-order valence-electron chi connectivity index (χ4n) is 3.25. The van der Waals surface area contributed by atoms with Crippen molar-refractivity contribution in [3.05, 3.63) is 0 Å². The van der Waals surface area contributed by atoms with Crippen molar-refractivity contribution in [2.24, 2.45) is 5.73 Å². The lowest BCUT2D eigenvalue weighted by Gasteiger charge is -2.16. The molecule has 3 fully saturated rings. The molecule has 0 spiro atoms. The van der Waals surface area contributed by atoms with Crippen LogP contribution in [0.2, 0.25) is 13.6 Å². The minimum absolute atomic E-state index is 0. The van der Waals surface area contributed by atoms with Crippen molar-refractivity contribution >= 4 is 142 Å². The van der Waals surface area contributed by atoms with Gasteiger partial charge in [0.2, 0.25) is 44.0 Å². The molecule has 278 valence electrons. The van der Waals surface area contributed by atoms with Crippen molar-refractivity contribution in [3.8, 4) is 0 Å². The third-order valence-electron chi connectivity index (χ3n) is 4.84. The van der Waals surface area contributed by atoms with Gasteiger partial charge < -0.3 is 11.1 Å². The van der Waals surface area contributed by atoms with E-state index in [9.17, 15) is 28.8 Å². The topological polar surface area (TPSA) is 150 Å². The first-order valence-electron chi connectivity index (χ1n) is 12.9. The molecule has 0 aromatic heterocycles. The summed E-state index contributed by atoms with van der Waals surface area (Å²) in [5.41, 5.74) is 5.04. The van der Waals surface area contributed by atoms with E-state index in [1.165, 1.54) is 14.7 Å². The van der Waals surface area contributed by atoms with Crippen LogP contribution in [0.3, 0.4) is 0 Å². The van der Waals surface area contributed by atoms with Crippen LogP contribution in [0.4, 0.5) is 0 Å². The number of likely N-dealkylation sites (tertiary alicyclic amines) is 3. The quantitative estimate of drug-likeness (QED) is 0.0968. The second kappa shape index (κ2) is 39.8. The number of carbonyl (C=O) groups excluding carboxylic acids is 6. The molecule has 0 bridgehead atoms. The Balaban J connectivity index is -0.0000000776. The van der Waals surface area contributed by atoms with Gasteiger partial charge in [-0.15, -0.1) is 44.7 Å². The second-order valence-corrected chi connectivity index (χ2v) is 23.0. The number of imide groups is 3. The van der Waals surface area contributed by atoms with Crippen LogP contribution in [-0.4, -0.2) is 112 Å². The van der Waals surface area contributed by atoms with E-state index in [1.54, 1.807) is 0 Å². The van der Waals surface area contributed by atoms with Gasteiger partial charge in [0.1, 0.15) is 7.57 Å². The number of hydrogen-bond acceptors (Lipinski definition) is 8. The molecule has 6 amide bonds. The van der Waals surface area contributed by atoms with E-state index in [0.29, 0.717) is 77.8 Å². The van der Waals surface area contributed by atoms with Gasteiger partial charge in [-0.1, -0.05) is 85.7 Å². The predicted molar refractivity (Wildman–Crippen MR) is 243 cm³/mol. The number of rotatable bonds is 8. The fraction of sp³-hybridized carbons (Fsp3) is 0.778. The molecule has 20 heteroatoms. The number of nitrogens with two attached hydrogens (primary N) is 1. The summed E-state index contributed by atoms with van der Waals surface area (Å²) in [6.07, 6.45) is 1.92. The van der Waals surface area contributed by atoms with E-state index >= 15 is 0 Å². The van der Waals surface area contributed by atoms with Crippen LogP contribution in [0.25, 0.3) is 0 Å². The summed E-state index contributed by atoms with van der Waals surface area (Å²) in [6.45, 7) is 8.61. The third kappa shape index (κ3) is 36.6. The van der Waals surface area contributed by atoms with Crippen molar-refractivity contribution in [2.75, 3.05) is 45.9 Å². The van der Waals surface area contributed by atoms with Crippen LogP contribution in [0.5, 0.6) is 0 Å². The lowest BCUT2D eigenvalue weighted by Crippen LogP contribution is -2.39. The van der Waals surface area contributed by atoms with Crippen molar-refractivity contribution in [1.29, 1.82) is 0 Å². The molecule has 3 atom stereocenters. The highest BCUT2D eigenvalue weighted by Gasteiger charge is 2.29. The van der Waals surface area contributed by atoms with Crippen molar-refractivity contribution in [3.63, 3.8) is 0 Å². The summed E-state index contributed by atoms with van der Waals surface area (Å²) in [5, 5.41) is 3.03. The first-order chi connectivity index (χ1) is 19.0. The van der Waals surface area contributed by atoms with E-state index in [1.807, 2.05) is 6.66 Å². The van der Waals surface area contributed by atoms with Gasteiger partial charge >= 0.3 is 0 Å². The number of halogens is 3. The normalized spacial score (nSPS) is 14.5. The van der Waals surface area contributed by atoms with Gasteiger partial charge in [-0.25, -0.2) is 0 Å². The maximum Gasteiger partial charge on any atom is 0.236 e. The molecule has 0 aliphatic carbocycles. The van der Waals surface area contributed by atoms with E-state index in [2.05, 4.69) is 104 Å². The average Bonchev–Trinajstić information content (AvgIpc) is 3.46. The van der Waals surface area contributed by atoms with Crippen molar-refractivity contribution in [1.82, 2.24) is 20.0 Å². The molecule has 11 nitrogen and oxygen atoms in total. The first-order valence-corrected chi connectivity index (χ1v) is 21.4. The summed E-state index contributed by atoms with van der Waals surface area (Å²) in [5.74, 6) is -0.687. The Morgan fingerprint density at radius 3 is 1.00 bits per heavy atom. The molecule has 3 rings (SSSR count). The minimum atomic E-state index is -0.150. The molecule has 3 unspecified atom stereocenters. The van der Waals surface area contributed by atoms with Crippen LogP contribution < -0.4 is 11.1 Å². The van der Waals surface area contributed by atoms with Gasteiger partial charge in [0, 0.05) is 77.8 Å². The Morgan fingerprint density at radius 1 is 0.660 bits per heavy atom. The molecule has 3 aliphatic heterocycles. The molecule has 3 heterocycles. The molecule has 3 N–H and O–H groups in total.